The number of carbonyl (C=O) groups is 1. The zero-order valence-electron chi connectivity index (χ0n) is 19.4. The van der Waals surface area contributed by atoms with E-state index in [1.165, 1.54) is 24.3 Å². The Hall–Kier alpha value is -3.03. The second-order valence-electron chi connectivity index (χ2n) is 8.32. The molecule has 0 aromatic heterocycles. The van der Waals surface area contributed by atoms with Crippen LogP contribution in [0.2, 0.25) is 5.02 Å². The van der Waals surface area contributed by atoms with E-state index < -0.39 is 15.9 Å². The van der Waals surface area contributed by atoms with Crippen LogP contribution >= 0.6 is 11.6 Å². The minimum absolute atomic E-state index is 0.0578. The minimum Gasteiger partial charge on any atom is -0.497 e. The number of nitrogens with one attached hydrogen (secondary N) is 1. The summed E-state index contributed by atoms with van der Waals surface area (Å²) in [5.41, 5.74) is 1.33. The fourth-order valence-electron chi connectivity index (χ4n) is 3.60. The largest absolute Gasteiger partial charge is 0.497 e. The number of carbonyl (C=O) groups excluding carboxylic acids is 1. The third-order valence-electron chi connectivity index (χ3n) is 5.29. The Kier molecular flexibility index (Phi) is 8.58. The van der Waals surface area contributed by atoms with Gasteiger partial charge in [0.25, 0.3) is 10.0 Å². The summed E-state index contributed by atoms with van der Waals surface area (Å²) >= 11 is 5.94. The molecule has 0 spiro atoms. The lowest BCUT2D eigenvalue weighted by molar-refractivity contribution is -0.120. The fourth-order valence-corrected chi connectivity index (χ4v) is 5.15. The van der Waals surface area contributed by atoms with Gasteiger partial charge >= 0.3 is 0 Å². The molecule has 180 valence electrons. The van der Waals surface area contributed by atoms with E-state index in [-0.39, 0.29) is 17.5 Å². The van der Waals surface area contributed by atoms with E-state index in [0.29, 0.717) is 23.0 Å². The monoisotopic (exact) mass is 500 g/mol. The first-order valence-corrected chi connectivity index (χ1v) is 12.8. The molecule has 0 radical (unpaired) electrons. The molecule has 34 heavy (non-hydrogen) atoms. The SMILES string of the molecule is COc1ccc([C@H](CC(C)C)NC(=O)CN(c2ccccc2)S(=O)(=O)c2ccc(Cl)cc2)cc1. The van der Waals surface area contributed by atoms with Gasteiger partial charge in [-0.25, -0.2) is 8.42 Å². The van der Waals surface area contributed by atoms with Crippen LogP contribution in [0.1, 0.15) is 31.9 Å². The number of nitrogens with zero attached hydrogens (tertiary/aromatic N) is 1. The van der Waals surface area contributed by atoms with Gasteiger partial charge in [0.1, 0.15) is 12.3 Å². The second kappa shape index (κ2) is 11.4. The van der Waals surface area contributed by atoms with Crippen molar-refractivity contribution in [3.63, 3.8) is 0 Å². The van der Waals surface area contributed by atoms with Crippen LogP contribution in [0, 0.1) is 5.92 Å². The summed E-state index contributed by atoms with van der Waals surface area (Å²) in [6, 6.07) is 21.7. The number of hydrogen-bond acceptors (Lipinski definition) is 4. The molecule has 0 unspecified atom stereocenters. The van der Waals surface area contributed by atoms with E-state index in [1.807, 2.05) is 24.3 Å². The average Bonchev–Trinajstić information content (AvgIpc) is 2.82. The lowest BCUT2D eigenvalue weighted by Gasteiger charge is -2.26. The molecule has 3 aromatic rings. The third-order valence-corrected chi connectivity index (χ3v) is 7.33. The number of sulfonamides is 1. The molecule has 1 atom stereocenters. The zero-order chi connectivity index (χ0) is 24.7. The van der Waals surface area contributed by atoms with Crippen LogP contribution in [0.25, 0.3) is 0 Å². The summed E-state index contributed by atoms with van der Waals surface area (Å²) in [6.07, 6.45) is 0.702. The Bertz CT molecular complexity index is 1180. The van der Waals surface area contributed by atoms with E-state index in [2.05, 4.69) is 19.2 Å². The predicted molar refractivity (Wildman–Crippen MR) is 136 cm³/mol. The van der Waals surface area contributed by atoms with E-state index in [1.54, 1.807) is 37.4 Å². The number of anilines is 1. The summed E-state index contributed by atoms with van der Waals surface area (Å²) in [7, 11) is -2.40. The molecule has 6 nitrogen and oxygen atoms in total. The average molecular weight is 501 g/mol. The van der Waals surface area contributed by atoms with E-state index >= 15 is 0 Å². The second-order valence-corrected chi connectivity index (χ2v) is 10.6. The van der Waals surface area contributed by atoms with Crippen molar-refractivity contribution in [2.75, 3.05) is 18.0 Å². The van der Waals surface area contributed by atoms with Crippen molar-refractivity contribution in [2.45, 2.75) is 31.2 Å². The van der Waals surface area contributed by atoms with Crippen molar-refractivity contribution in [2.24, 2.45) is 5.92 Å². The lowest BCUT2D eigenvalue weighted by Crippen LogP contribution is -2.42. The molecule has 0 saturated heterocycles. The highest BCUT2D eigenvalue weighted by molar-refractivity contribution is 7.92. The molecule has 3 aromatic carbocycles. The minimum atomic E-state index is -4.00. The molecule has 0 bridgehead atoms. The maximum absolute atomic E-state index is 13.5. The number of rotatable bonds is 10. The van der Waals surface area contributed by atoms with Crippen LogP contribution in [0.5, 0.6) is 5.75 Å². The maximum Gasteiger partial charge on any atom is 0.264 e. The number of methoxy groups -OCH3 is 1. The summed E-state index contributed by atoms with van der Waals surface area (Å²) in [5.74, 6) is 0.640. The summed E-state index contributed by atoms with van der Waals surface area (Å²) in [5, 5.41) is 3.46. The van der Waals surface area contributed by atoms with Gasteiger partial charge < -0.3 is 10.1 Å². The van der Waals surface area contributed by atoms with Crippen molar-refractivity contribution in [1.29, 1.82) is 0 Å². The Morgan fingerprint density at radius 2 is 1.59 bits per heavy atom. The number of hydrogen-bond donors (Lipinski definition) is 1. The highest BCUT2D eigenvalue weighted by Gasteiger charge is 2.28. The third kappa shape index (κ3) is 6.52. The molecule has 1 N–H and O–H groups in total. The van der Waals surface area contributed by atoms with Gasteiger partial charge in [-0.05, 0) is 66.4 Å². The quantitative estimate of drug-likeness (QED) is 0.401. The van der Waals surface area contributed by atoms with Gasteiger partial charge in [0.2, 0.25) is 5.91 Å². The highest BCUT2D eigenvalue weighted by Crippen LogP contribution is 2.26. The van der Waals surface area contributed by atoms with Crippen molar-refractivity contribution in [1.82, 2.24) is 5.32 Å². The Morgan fingerprint density at radius 3 is 2.15 bits per heavy atom. The van der Waals surface area contributed by atoms with Crippen LogP contribution in [0.4, 0.5) is 5.69 Å². The van der Waals surface area contributed by atoms with E-state index in [0.717, 1.165) is 15.6 Å². The Balaban J connectivity index is 1.88. The number of benzene rings is 3. The van der Waals surface area contributed by atoms with Gasteiger partial charge in [0, 0.05) is 5.02 Å². The molecule has 8 heteroatoms. The lowest BCUT2D eigenvalue weighted by atomic mass is 9.97. The molecule has 0 heterocycles. The molecule has 1 amide bonds. The number of amides is 1. The summed E-state index contributed by atoms with van der Waals surface area (Å²) < 4.78 is 33.3. The van der Waals surface area contributed by atoms with Crippen LogP contribution in [0.3, 0.4) is 0 Å². The predicted octanol–water partition coefficient (Wildman–Crippen LogP) is 5.45. The summed E-state index contributed by atoms with van der Waals surface area (Å²) in [6.45, 7) is 3.79. The van der Waals surface area contributed by atoms with E-state index in [4.69, 9.17) is 16.3 Å². The topological polar surface area (TPSA) is 75.7 Å². The number of para-hydroxylation sites is 1. The zero-order valence-corrected chi connectivity index (χ0v) is 21.0. The molecular weight excluding hydrogens is 472 g/mol. The molecule has 0 aliphatic rings. The van der Waals surface area contributed by atoms with Gasteiger partial charge in [-0.2, -0.15) is 0 Å². The van der Waals surface area contributed by atoms with Gasteiger partial charge in [0.05, 0.1) is 23.7 Å². The highest BCUT2D eigenvalue weighted by atomic mass is 35.5. The van der Waals surface area contributed by atoms with Crippen molar-refractivity contribution in [3.8, 4) is 5.75 Å². The fraction of sp³-hybridized carbons (Fsp3) is 0.269. The first kappa shape index (κ1) is 25.6. The van der Waals surface area contributed by atoms with Crippen LogP contribution in [0.15, 0.2) is 83.8 Å². The van der Waals surface area contributed by atoms with Gasteiger partial charge in [0.15, 0.2) is 0 Å². The smallest absolute Gasteiger partial charge is 0.264 e. The molecular formula is C26H29ClN2O4S. The van der Waals surface area contributed by atoms with Crippen LogP contribution in [-0.4, -0.2) is 28.0 Å². The number of halogens is 1. The maximum atomic E-state index is 13.5. The first-order valence-electron chi connectivity index (χ1n) is 11.0. The normalized spacial score (nSPS) is 12.3. The van der Waals surface area contributed by atoms with Crippen molar-refractivity contribution >= 4 is 33.2 Å². The standard InChI is InChI=1S/C26H29ClN2O4S/c1-19(2)17-25(20-9-13-23(33-3)14-10-20)28-26(30)18-29(22-7-5-4-6-8-22)34(31,32)24-15-11-21(27)12-16-24/h4-16,19,25H,17-18H2,1-3H3,(H,28,30)/t25-/m0/s1. The molecule has 0 saturated carbocycles. The van der Waals surface area contributed by atoms with Gasteiger partial charge in [-0.3, -0.25) is 9.10 Å². The van der Waals surface area contributed by atoms with Crippen LogP contribution in [-0.2, 0) is 14.8 Å². The Morgan fingerprint density at radius 1 is 0.971 bits per heavy atom. The number of ether oxygens (including phenoxy) is 1. The molecule has 3 rings (SSSR count). The summed E-state index contributed by atoms with van der Waals surface area (Å²) in [4.78, 5) is 13.2. The van der Waals surface area contributed by atoms with Gasteiger partial charge in [-0.15, -0.1) is 0 Å². The van der Waals surface area contributed by atoms with Crippen LogP contribution < -0.4 is 14.4 Å². The molecule has 0 fully saturated rings. The molecule has 0 aliphatic carbocycles. The Labute approximate surface area is 206 Å². The van der Waals surface area contributed by atoms with Crippen molar-refractivity contribution < 1.29 is 17.9 Å². The van der Waals surface area contributed by atoms with E-state index in [9.17, 15) is 13.2 Å². The first-order chi connectivity index (χ1) is 16.2. The molecule has 0 aliphatic heterocycles. The van der Waals surface area contributed by atoms with Crippen molar-refractivity contribution in [3.05, 3.63) is 89.4 Å². The van der Waals surface area contributed by atoms with Gasteiger partial charge in [-0.1, -0.05) is 55.8 Å².